The molecule has 8 nitrogen and oxygen atoms in total. The van der Waals surface area contributed by atoms with Crippen molar-refractivity contribution >= 4 is 17.0 Å². The molecule has 1 aliphatic heterocycles. The highest BCUT2D eigenvalue weighted by molar-refractivity contribution is 5.82. The third-order valence-corrected chi connectivity index (χ3v) is 4.52. The van der Waals surface area contributed by atoms with Crippen LogP contribution < -0.4 is 5.32 Å². The van der Waals surface area contributed by atoms with Gasteiger partial charge in [-0.15, -0.1) is 0 Å². The molecule has 0 aliphatic carbocycles. The van der Waals surface area contributed by atoms with Crippen LogP contribution in [0.25, 0.3) is 11.2 Å². The molecule has 3 aromatic rings. The highest BCUT2D eigenvalue weighted by atomic mass is 15.1. The number of fused-ring (bicyclic) bond motifs is 1. The Morgan fingerprint density at radius 2 is 2.12 bits per heavy atom. The quantitative estimate of drug-likeness (QED) is 0.752. The van der Waals surface area contributed by atoms with Gasteiger partial charge in [0.05, 0.1) is 12.0 Å². The van der Waals surface area contributed by atoms with Crippen molar-refractivity contribution in [2.24, 2.45) is 0 Å². The SMILES string of the molecule is CNc1nc(C2CCN(Cc3ccncn3)CC2)nc2nc[nH]c12. The van der Waals surface area contributed by atoms with Gasteiger partial charge in [-0.3, -0.25) is 4.90 Å². The number of piperidine rings is 1. The zero-order valence-electron chi connectivity index (χ0n) is 13.6. The number of aromatic nitrogens is 6. The molecule has 0 radical (unpaired) electrons. The topological polar surface area (TPSA) is 95.5 Å². The number of hydrogen-bond acceptors (Lipinski definition) is 7. The first-order valence-electron chi connectivity index (χ1n) is 8.19. The molecule has 8 heteroatoms. The van der Waals surface area contributed by atoms with Crippen molar-refractivity contribution in [1.29, 1.82) is 0 Å². The van der Waals surface area contributed by atoms with Crippen molar-refractivity contribution in [3.63, 3.8) is 0 Å². The van der Waals surface area contributed by atoms with Crippen LogP contribution in [0.3, 0.4) is 0 Å². The maximum atomic E-state index is 4.69. The summed E-state index contributed by atoms with van der Waals surface area (Å²) in [6.07, 6.45) is 7.15. The van der Waals surface area contributed by atoms with Crippen LogP contribution in [0, 0.1) is 0 Å². The van der Waals surface area contributed by atoms with Gasteiger partial charge < -0.3 is 10.3 Å². The standard InChI is InChI=1S/C16H20N8/c1-17-15-13-16(21-10-20-13)23-14(22-15)11-3-6-24(7-4-11)8-12-2-5-18-9-19-12/h2,5,9-11H,3-4,6-8H2,1H3,(H2,17,20,21,22,23). The number of imidazole rings is 1. The van der Waals surface area contributed by atoms with Crippen molar-refractivity contribution in [3.05, 3.63) is 36.4 Å². The molecule has 1 fully saturated rings. The number of aromatic amines is 1. The molecule has 0 unspecified atom stereocenters. The van der Waals surface area contributed by atoms with Gasteiger partial charge in [-0.2, -0.15) is 0 Å². The van der Waals surface area contributed by atoms with E-state index in [-0.39, 0.29) is 0 Å². The van der Waals surface area contributed by atoms with Gasteiger partial charge in [0.1, 0.15) is 17.7 Å². The number of rotatable bonds is 4. The Morgan fingerprint density at radius 1 is 1.25 bits per heavy atom. The van der Waals surface area contributed by atoms with Crippen LogP contribution in [0.5, 0.6) is 0 Å². The minimum atomic E-state index is 0.375. The van der Waals surface area contributed by atoms with Crippen LogP contribution in [0.1, 0.15) is 30.3 Å². The molecule has 4 heterocycles. The molecule has 0 bridgehead atoms. The van der Waals surface area contributed by atoms with Crippen LogP contribution in [-0.4, -0.2) is 54.9 Å². The Labute approximate surface area is 139 Å². The second kappa shape index (κ2) is 6.48. The minimum Gasteiger partial charge on any atom is -0.371 e. The summed E-state index contributed by atoms with van der Waals surface area (Å²) in [6.45, 7) is 2.91. The predicted molar refractivity (Wildman–Crippen MR) is 90.5 cm³/mol. The van der Waals surface area contributed by atoms with E-state index < -0.39 is 0 Å². The van der Waals surface area contributed by atoms with Gasteiger partial charge in [-0.1, -0.05) is 0 Å². The van der Waals surface area contributed by atoms with Crippen molar-refractivity contribution in [2.75, 3.05) is 25.5 Å². The van der Waals surface area contributed by atoms with E-state index in [9.17, 15) is 0 Å². The first-order chi connectivity index (χ1) is 11.8. The highest BCUT2D eigenvalue weighted by Gasteiger charge is 2.24. The van der Waals surface area contributed by atoms with Crippen molar-refractivity contribution in [2.45, 2.75) is 25.3 Å². The molecule has 24 heavy (non-hydrogen) atoms. The normalized spacial score (nSPS) is 16.5. The molecule has 2 N–H and O–H groups in total. The van der Waals surface area contributed by atoms with Crippen molar-refractivity contribution in [1.82, 2.24) is 34.8 Å². The predicted octanol–water partition coefficient (Wildman–Crippen LogP) is 1.56. The maximum Gasteiger partial charge on any atom is 0.183 e. The first kappa shape index (κ1) is 14.9. The van der Waals surface area contributed by atoms with Gasteiger partial charge in [0.25, 0.3) is 0 Å². The van der Waals surface area contributed by atoms with E-state index in [4.69, 9.17) is 4.98 Å². The first-order valence-corrected chi connectivity index (χ1v) is 8.19. The second-order valence-corrected chi connectivity index (χ2v) is 6.03. The van der Waals surface area contributed by atoms with E-state index in [0.717, 1.165) is 61.0 Å². The highest BCUT2D eigenvalue weighted by Crippen LogP contribution is 2.28. The molecule has 0 saturated carbocycles. The fraction of sp³-hybridized carbons (Fsp3) is 0.438. The lowest BCUT2D eigenvalue weighted by atomic mass is 9.95. The van der Waals surface area contributed by atoms with Gasteiger partial charge >= 0.3 is 0 Å². The molecule has 1 aliphatic rings. The second-order valence-electron chi connectivity index (χ2n) is 6.03. The molecule has 0 aromatic carbocycles. The molecule has 0 atom stereocenters. The van der Waals surface area contributed by atoms with E-state index in [1.54, 1.807) is 18.9 Å². The summed E-state index contributed by atoms with van der Waals surface area (Å²) in [7, 11) is 1.87. The van der Waals surface area contributed by atoms with Crippen LogP contribution in [0.2, 0.25) is 0 Å². The van der Waals surface area contributed by atoms with Crippen LogP contribution in [-0.2, 0) is 6.54 Å². The molecule has 3 aromatic heterocycles. The number of nitrogens with zero attached hydrogens (tertiary/aromatic N) is 6. The smallest absolute Gasteiger partial charge is 0.183 e. The van der Waals surface area contributed by atoms with Crippen LogP contribution in [0.15, 0.2) is 24.9 Å². The van der Waals surface area contributed by atoms with Gasteiger partial charge in [0.15, 0.2) is 11.5 Å². The lowest BCUT2D eigenvalue weighted by Gasteiger charge is -2.30. The van der Waals surface area contributed by atoms with Crippen LogP contribution in [0.4, 0.5) is 5.82 Å². The average Bonchev–Trinajstić information content (AvgIpc) is 3.11. The van der Waals surface area contributed by atoms with E-state index in [1.165, 1.54) is 0 Å². The fourth-order valence-corrected chi connectivity index (χ4v) is 3.20. The number of nitrogens with one attached hydrogen (secondary N) is 2. The Balaban J connectivity index is 1.46. The average molecular weight is 324 g/mol. The van der Waals surface area contributed by atoms with E-state index in [0.29, 0.717) is 5.92 Å². The summed E-state index contributed by atoms with van der Waals surface area (Å²) >= 11 is 0. The van der Waals surface area contributed by atoms with Crippen molar-refractivity contribution < 1.29 is 0 Å². The number of hydrogen-bond donors (Lipinski definition) is 2. The van der Waals surface area contributed by atoms with Gasteiger partial charge in [0.2, 0.25) is 0 Å². The van der Waals surface area contributed by atoms with E-state index in [2.05, 4.69) is 35.1 Å². The third kappa shape index (κ3) is 2.92. The largest absolute Gasteiger partial charge is 0.371 e. The molecule has 4 rings (SSSR count). The van der Waals surface area contributed by atoms with Crippen molar-refractivity contribution in [3.8, 4) is 0 Å². The molecule has 0 amide bonds. The molecular weight excluding hydrogens is 304 g/mol. The number of H-pyrrole nitrogens is 1. The van der Waals surface area contributed by atoms with Gasteiger partial charge in [-0.25, -0.2) is 24.9 Å². The zero-order chi connectivity index (χ0) is 16.4. The Bertz CT molecular complexity index is 807. The minimum absolute atomic E-state index is 0.375. The fourth-order valence-electron chi connectivity index (χ4n) is 3.20. The summed E-state index contributed by atoms with van der Waals surface area (Å²) < 4.78 is 0. The molecule has 0 spiro atoms. The number of likely N-dealkylation sites (tertiary alicyclic amines) is 1. The molecule has 124 valence electrons. The molecular formula is C16H20N8. The zero-order valence-corrected chi connectivity index (χ0v) is 13.6. The summed E-state index contributed by atoms with van der Waals surface area (Å²) in [5, 5.41) is 3.13. The maximum absolute atomic E-state index is 4.69. The lowest BCUT2D eigenvalue weighted by molar-refractivity contribution is 0.199. The third-order valence-electron chi connectivity index (χ3n) is 4.52. The Kier molecular flexibility index (Phi) is 4.04. The summed E-state index contributed by atoms with van der Waals surface area (Å²) in [4.78, 5) is 27.4. The number of anilines is 1. The Hall–Kier alpha value is -2.61. The lowest BCUT2D eigenvalue weighted by Crippen LogP contribution is -2.33. The van der Waals surface area contributed by atoms with Gasteiger partial charge in [-0.05, 0) is 32.0 Å². The summed E-state index contributed by atoms with van der Waals surface area (Å²) in [6, 6.07) is 1.97. The van der Waals surface area contributed by atoms with E-state index >= 15 is 0 Å². The Morgan fingerprint density at radius 3 is 2.88 bits per heavy atom. The summed E-state index contributed by atoms with van der Waals surface area (Å²) in [5.41, 5.74) is 2.66. The van der Waals surface area contributed by atoms with E-state index in [1.807, 2.05) is 13.1 Å². The monoisotopic (exact) mass is 324 g/mol. The summed E-state index contributed by atoms with van der Waals surface area (Å²) in [5.74, 6) is 2.08. The van der Waals surface area contributed by atoms with Gasteiger partial charge in [0, 0.05) is 25.7 Å². The molecule has 1 saturated heterocycles. The van der Waals surface area contributed by atoms with Crippen LogP contribution >= 0.6 is 0 Å².